The van der Waals surface area contributed by atoms with Gasteiger partial charge in [-0.2, -0.15) is 0 Å². The van der Waals surface area contributed by atoms with E-state index in [9.17, 15) is 9.18 Å². The topological polar surface area (TPSA) is 40.5 Å². The van der Waals surface area contributed by atoms with Crippen molar-refractivity contribution in [3.05, 3.63) is 34.6 Å². The van der Waals surface area contributed by atoms with E-state index >= 15 is 0 Å². The largest absolute Gasteiger partial charge is 0.480 e. The Morgan fingerprint density at radius 2 is 2.33 bits per heavy atom. The molecule has 5 heteroatoms. The van der Waals surface area contributed by atoms with E-state index in [-0.39, 0.29) is 24.2 Å². The van der Waals surface area contributed by atoms with Crippen LogP contribution in [0.1, 0.15) is 18.5 Å². The molecule has 0 bridgehead atoms. The molecule has 3 nitrogen and oxygen atoms in total. The molecular weight excluding hydrogens is 257 g/mol. The highest BCUT2D eigenvalue weighted by Gasteiger charge is 2.19. The van der Waals surface area contributed by atoms with Gasteiger partial charge >= 0.3 is 5.97 Å². The third kappa shape index (κ3) is 3.73. The first-order valence-electron chi connectivity index (χ1n) is 5.30. The number of carbonyl (C=O) groups is 1. The average Bonchev–Trinajstić information content (AvgIpc) is 2.27. The van der Waals surface area contributed by atoms with E-state index in [1.807, 2.05) is 0 Å². The summed E-state index contributed by atoms with van der Waals surface area (Å²) >= 11 is 5.94. The molecule has 18 heavy (non-hydrogen) atoms. The summed E-state index contributed by atoms with van der Waals surface area (Å²) in [7, 11) is 0. The van der Waals surface area contributed by atoms with Gasteiger partial charge in [0.15, 0.2) is 0 Å². The fourth-order valence-corrected chi connectivity index (χ4v) is 1.98. The van der Waals surface area contributed by atoms with Crippen molar-refractivity contribution in [3.63, 3.8) is 0 Å². The lowest BCUT2D eigenvalue weighted by Gasteiger charge is -2.26. The molecular formula is C13H13ClFNO2. The quantitative estimate of drug-likeness (QED) is 0.835. The van der Waals surface area contributed by atoms with E-state index in [1.54, 1.807) is 11.8 Å². The van der Waals surface area contributed by atoms with Crippen LogP contribution in [0.4, 0.5) is 4.39 Å². The molecule has 1 unspecified atom stereocenters. The van der Waals surface area contributed by atoms with Gasteiger partial charge in [-0.05, 0) is 24.6 Å². The molecule has 1 aromatic rings. The average molecular weight is 270 g/mol. The highest BCUT2D eigenvalue weighted by atomic mass is 35.5. The van der Waals surface area contributed by atoms with Crippen LogP contribution in [0.5, 0.6) is 0 Å². The van der Waals surface area contributed by atoms with Gasteiger partial charge in [0.1, 0.15) is 5.82 Å². The summed E-state index contributed by atoms with van der Waals surface area (Å²) in [6.07, 6.45) is 5.21. The van der Waals surface area contributed by atoms with Crippen molar-refractivity contribution >= 4 is 17.6 Å². The molecule has 0 amide bonds. The van der Waals surface area contributed by atoms with Gasteiger partial charge in [-0.3, -0.25) is 9.69 Å². The van der Waals surface area contributed by atoms with Gasteiger partial charge in [0.2, 0.25) is 0 Å². The van der Waals surface area contributed by atoms with Crippen LogP contribution in [0.3, 0.4) is 0 Å². The second-order valence-corrected chi connectivity index (χ2v) is 4.25. The first kappa shape index (κ1) is 14.5. The first-order chi connectivity index (χ1) is 8.45. The highest BCUT2D eigenvalue weighted by molar-refractivity contribution is 6.31. The number of aliphatic carboxylic acids is 1. The van der Waals surface area contributed by atoms with Crippen molar-refractivity contribution in [2.75, 3.05) is 13.1 Å². The molecule has 0 fully saturated rings. The minimum Gasteiger partial charge on any atom is -0.480 e. The predicted octanol–water partition coefficient (Wildman–Crippen LogP) is 2.56. The van der Waals surface area contributed by atoms with E-state index in [1.165, 1.54) is 18.2 Å². The molecule has 0 saturated carbocycles. The number of benzene rings is 1. The zero-order valence-corrected chi connectivity index (χ0v) is 10.6. The Kier molecular flexibility index (Phi) is 5.14. The molecule has 0 aliphatic rings. The summed E-state index contributed by atoms with van der Waals surface area (Å²) < 4.78 is 12.9. The zero-order valence-electron chi connectivity index (χ0n) is 9.86. The Balaban J connectivity index is 2.98. The molecule has 1 aromatic carbocycles. The van der Waals surface area contributed by atoms with Crippen molar-refractivity contribution in [1.82, 2.24) is 4.90 Å². The van der Waals surface area contributed by atoms with E-state index in [0.29, 0.717) is 5.56 Å². The summed E-state index contributed by atoms with van der Waals surface area (Å²) in [5.41, 5.74) is 0.648. The van der Waals surface area contributed by atoms with Crippen molar-refractivity contribution in [1.29, 1.82) is 0 Å². The van der Waals surface area contributed by atoms with Crippen LogP contribution in [0, 0.1) is 18.2 Å². The van der Waals surface area contributed by atoms with Gasteiger partial charge < -0.3 is 5.11 Å². The Morgan fingerprint density at radius 3 is 2.83 bits per heavy atom. The number of halogens is 2. The number of rotatable bonds is 5. The van der Waals surface area contributed by atoms with Crippen LogP contribution in [-0.4, -0.2) is 29.1 Å². The molecule has 1 N–H and O–H groups in total. The lowest BCUT2D eigenvalue weighted by Crippen LogP contribution is -2.32. The second kappa shape index (κ2) is 6.39. The smallest absolute Gasteiger partial charge is 0.317 e. The lowest BCUT2D eigenvalue weighted by atomic mass is 10.1. The summed E-state index contributed by atoms with van der Waals surface area (Å²) in [6, 6.07) is 3.72. The number of carboxylic acid groups (broad SMARTS) is 1. The molecule has 1 rings (SSSR count). The molecule has 0 aliphatic carbocycles. The van der Waals surface area contributed by atoms with Crippen LogP contribution >= 0.6 is 11.6 Å². The molecule has 0 radical (unpaired) electrons. The monoisotopic (exact) mass is 269 g/mol. The second-order valence-electron chi connectivity index (χ2n) is 3.84. The van der Waals surface area contributed by atoms with Crippen molar-refractivity contribution < 1.29 is 14.3 Å². The fourth-order valence-electron chi connectivity index (χ4n) is 1.66. The summed E-state index contributed by atoms with van der Waals surface area (Å²) in [5, 5.41) is 9.08. The van der Waals surface area contributed by atoms with Crippen LogP contribution < -0.4 is 0 Å². The maximum atomic E-state index is 12.9. The van der Waals surface area contributed by atoms with Gasteiger partial charge in [0, 0.05) is 11.1 Å². The van der Waals surface area contributed by atoms with Gasteiger partial charge in [-0.25, -0.2) is 4.39 Å². The first-order valence-corrected chi connectivity index (χ1v) is 5.67. The lowest BCUT2D eigenvalue weighted by molar-refractivity contribution is -0.138. The van der Waals surface area contributed by atoms with Gasteiger partial charge in [-0.1, -0.05) is 23.6 Å². The fraction of sp³-hybridized carbons (Fsp3) is 0.308. The number of hydrogen-bond acceptors (Lipinski definition) is 2. The Morgan fingerprint density at radius 1 is 1.67 bits per heavy atom. The summed E-state index contributed by atoms with van der Waals surface area (Å²) in [6.45, 7) is 1.76. The normalized spacial score (nSPS) is 12.2. The minimum atomic E-state index is -0.977. The summed E-state index contributed by atoms with van der Waals surface area (Å²) in [4.78, 5) is 12.3. The summed E-state index contributed by atoms with van der Waals surface area (Å²) in [5.74, 6) is 0.991. The van der Waals surface area contributed by atoms with E-state index in [4.69, 9.17) is 23.1 Å². The van der Waals surface area contributed by atoms with E-state index < -0.39 is 11.8 Å². The van der Waals surface area contributed by atoms with Crippen molar-refractivity contribution in [2.24, 2.45) is 0 Å². The third-order valence-electron chi connectivity index (χ3n) is 2.59. The molecule has 0 heterocycles. The van der Waals surface area contributed by atoms with Crippen LogP contribution in [0.15, 0.2) is 18.2 Å². The molecule has 1 atom stereocenters. The van der Waals surface area contributed by atoms with E-state index in [2.05, 4.69) is 5.92 Å². The Bertz CT molecular complexity index is 484. The predicted molar refractivity (Wildman–Crippen MR) is 67.9 cm³/mol. The SMILES string of the molecule is C#CCN(CC(=O)O)C(C)c1ccc(F)cc1Cl. The standard InChI is InChI=1S/C13H13ClFNO2/c1-3-6-16(8-13(17)18)9(2)11-5-4-10(15)7-12(11)14/h1,4-5,7,9H,6,8H2,2H3,(H,17,18). The number of carboxylic acids is 1. The highest BCUT2D eigenvalue weighted by Crippen LogP contribution is 2.27. The van der Waals surface area contributed by atoms with E-state index in [0.717, 1.165) is 0 Å². The molecule has 0 spiro atoms. The van der Waals surface area contributed by atoms with Crippen LogP contribution in [0.25, 0.3) is 0 Å². The van der Waals surface area contributed by atoms with Gasteiger partial charge in [0.25, 0.3) is 0 Å². The Labute approximate surface area is 110 Å². The molecule has 96 valence electrons. The van der Waals surface area contributed by atoms with Crippen LogP contribution in [-0.2, 0) is 4.79 Å². The maximum absolute atomic E-state index is 12.9. The molecule has 0 aliphatic heterocycles. The third-order valence-corrected chi connectivity index (χ3v) is 2.92. The Hall–Kier alpha value is -1.57. The van der Waals surface area contributed by atoms with Gasteiger partial charge in [0.05, 0.1) is 13.1 Å². The van der Waals surface area contributed by atoms with Crippen molar-refractivity contribution in [2.45, 2.75) is 13.0 Å². The molecule has 0 saturated heterocycles. The maximum Gasteiger partial charge on any atom is 0.317 e. The number of nitrogens with zero attached hydrogens (tertiary/aromatic N) is 1. The zero-order chi connectivity index (χ0) is 13.7. The minimum absolute atomic E-state index is 0.182. The molecule has 0 aromatic heterocycles. The number of terminal acetylenes is 1. The number of hydrogen-bond donors (Lipinski definition) is 1. The van der Waals surface area contributed by atoms with Crippen molar-refractivity contribution in [3.8, 4) is 12.3 Å². The van der Waals surface area contributed by atoms with Crippen LogP contribution in [0.2, 0.25) is 5.02 Å². The van der Waals surface area contributed by atoms with Gasteiger partial charge in [-0.15, -0.1) is 6.42 Å².